The fourth-order valence-corrected chi connectivity index (χ4v) is 2.44. The summed E-state index contributed by atoms with van der Waals surface area (Å²) < 4.78 is 5.46. The first kappa shape index (κ1) is 16.2. The lowest BCUT2D eigenvalue weighted by atomic mass is 10.1. The Hall–Kier alpha value is -2.66. The molecule has 0 atom stereocenters. The number of rotatable bonds is 5. The molecule has 6 heteroatoms. The summed E-state index contributed by atoms with van der Waals surface area (Å²) in [6.45, 7) is 2.09. The molecule has 0 bridgehead atoms. The average molecular weight is 342 g/mol. The van der Waals surface area contributed by atoms with E-state index in [1.807, 2.05) is 24.3 Å². The molecule has 1 amide bonds. The second kappa shape index (κ2) is 7.27. The largest absolute Gasteiger partial charge is 0.403 e. The molecular formula is C18H16ClN3O2. The summed E-state index contributed by atoms with van der Waals surface area (Å²) in [5.74, 6) is 0.0978. The van der Waals surface area contributed by atoms with Crippen LogP contribution in [-0.4, -0.2) is 16.1 Å². The molecule has 2 aromatic carbocycles. The van der Waals surface area contributed by atoms with E-state index >= 15 is 0 Å². The monoisotopic (exact) mass is 341 g/mol. The molecule has 1 N–H and O–H groups in total. The molecule has 3 aromatic rings. The smallest absolute Gasteiger partial charge is 0.322 e. The van der Waals surface area contributed by atoms with Crippen molar-refractivity contribution >= 4 is 23.5 Å². The lowest BCUT2D eigenvalue weighted by molar-refractivity contribution is -0.115. The Balaban J connectivity index is 1.64. The van der Waals surface area contributed by atoms with Crippen molar-refractivity contribution in [2.45, 2.75) is 19.8 Å². The predicted octanol–water partition coefficient (Wildman–Crippen LogP) is 4.13. The van der Waals surface area contributed by atoms with Gasteiger partial charge in [-0.05, 0) is 35.7 Å². The Morgan fingerprint density at radius 3 is 2.58 bits per heavy atom. The van der Waals surface area contributed by atoms with Crippen molar-refractivity contribution in [1.29, 1.82) is 0 Å². The summed E-state index contributed by atoms with van der Waals surface area (Å²) in [6, 6.07) is 15.1. The third kappa shape index (κ3) is 4.00. The van der Waals surface area contributed by atoms with Gasteiger partial charge in [0.15, 0.2) is 0 Å². The fourth-order valence-electron chi connectivity index (χ4n) is 2.25. The van der Waals surface area contributed by atoms with Crippen molar-refractivity contribution < 1.29 is 9.21 Å². The van der Waals surface area contributed by atoms with Crippen LogP contribution in [0.1, 0.15) is 18.1 Å². The number of aromatic nitrogens is 2. The molecule has 0 aliphatic rings. The number of nitrogens with zero attached hydrogens (tertiary/aromatic N) is 2. The number of aryl methyl sites for hydroxylation is 1. The number of hydrogen-bond acceptors (Lipinski definition) is 4. The molecule has 5 nitrogen and oxygen atoms in total. The lowest BCUT2D eigenvalue weighted by Crippen LogP contribution is -2.14. The van der Waals surface area contributed by atoms with Crippen LogP contribution in [0.15, 0.2) is 52.9 Å². The summed E-state index contributed by atoms with van der Waals surface area (Å²) in [4.78, 5) is 12.1. The molecule has 122 valence electrons. The zero-order valence-corrected chi connectivity index (χ0v) is 13.9. The van der Waals surface area contributed by atoms with Gasteiger partial charge in [0.05, 0.1) is 6.42 Å². The number of hydrogen-bond donors (Lipinski definition) is 1. The lowest BCUT2D eigenvalue weighted by Gasteiger charge is -2.02. The van der Waals surface area contributed by atoms with Crippen molar-refractivity contribution in [2.24, 2.45) is 0 Å². The minimum atomic E-state index is -0.208. The molecule has 24 heavy (non-hydrogen) atoms. The van der Waals surface area contributed by atoms with Crippen LogP contribution in [0.3, 0.4) is 0 Å². The van der Waals surface area contributed by atoms with Crippen LogP contribution in [0.5, 0.6) is 0 Å². The van der Waals surface area contributed by atoms with Crippen LogP contribution in [0, 0.1) is 0 Å². The molecule has 0 radical (unpaired) electrons. The normalized spacial score (nSPS) is 10.6. The van der Waals surface area contributed by atoms with Crippen molar-refractivity contribution in [1.82, 2.24) is 10.2 Å². The Labute approximate surface area is 144 Å². The van der Waals surface area contributed by atoms with Gasteiger partial charge in [-0.1, -0.05) is 54.0 Å². The van der Waals surface area contributed by atoms with E-state index in [1.54, 1.807) is 24.3 Å². The van der Waals surface area contributed by atoms with Crippen LogP contribution >= 0.6 is 11.6 Å². The Kier molecular flexibility index (Phi) is 4.91. The van der Waals surface area contributed by atoms with Crippen LogP contribution < -0.4 is 5.32 Å². The first-order chi connectivity index (χ1) is 11.6. The Morgan fingerprint density at radius 1 is 1.12 bits per heavy atom. The van der Waals surface area contributed by atoms with Gasteiger partial charge < -0.3 is 4.42 Å². The molecule has 1 aromatic heterocycles. The van der Waals surface area contributed by atoms with E-state index < -0.39 is 0 Å². The van der Waals surface area contributed by atoms with E-state index in [-0.39, 0.29) is 18.3 Å². The predicted molar refractivity (Wildman–Crippen MR) is 92.9 cm³/mol. The molecule has 0 aliphatic carbocycles. The number of halogens is 1. The van der Waals surface area contributed by atoms with E-state index in [4.69, 9.17) is 16.0 Å². The van der Waals surface area contributed by atoms with Crippen molar-refractivity contribution in [3.63, 3.8) is 0 Å². The molecule has 0 saturated carbocycles. The summed E-state index contributed by atoms with van der Waals surface area (Å²) in [6.07, 6.45) is 1.22. The van der Waals surface area contributed by atoms with Gasteiger partial charge >= 0.3 is 6.01 Å². The number of amides is 1. The minimum Gasteiger partial charge on any atom is -0.403 e. The first-order valence-corrected chi connectivity index (χ1v) is 7.99. The molecule has 0 unspecified atom stereocenters. The van der Waals surface area contributed by atoms with Crippen LogP contribution in [-0.2, 0) is 17.6 Å². The molecule has 1 heterocycles. The van der Waals surface area contributed by atoms with E-state index in [1.165, 1.54) is 5.56 Å². The van der Waals surface area contributed by atoms with Crippen molar-refractivity contribution in [2.75, 3.05) is 5.32 Å². The zero-order valence-electron chi connectivity index (χ0n) is 13.1. The van der Waals surface area contributed by atoms with Crippen molar-refractivity contribution in [3.8, 4) is 11.5 Å². The summed E-state index contributed by atoms with van der Waals surface area (Å²) in [5, 5.41) is 10.9. The summed E-state index contributed by atoms with van der Waals surface area (Å²) in [7, 11) is 0. The highest BCUT2D eigenvalue weighted by atomic mass is 35.5. The van der Waals surface area contributed by atoms with Gasteiger partial charge in [0.25, 0.3) is 0 Å². The maximum Gasteiger partial charge on any atom is 0.322 e. The van der Waals surface area contributed by atoms with E-state index in [0.717, 1.165) is 12.0 Å². The third-order valence-corrected chi connectivity index (χ3v) is 3.77. The van der Waals surface area contributed by atoms with Gasteiger partial charge in [0.1, 0.15) is 0 Å². The van der Waals surface area contributed by atoms with Crippen LogP contribution in [0.4, 0.5) is 6.01 Å². The quantitative estimate of drug-likeness (QED) is 0.757. The van der Waals surface area contributed by atoms with E-state index in [0.29, 0.717) is 16.5 Å². The first-order valence-electron chi connectivity index (χ1n) is 7.61. The van der Waals surface area contributed by atoms with Gasteiger partial charge in [-0.25, -0.2) is 0 Å². The third-order valence-electron chi connectivity index (χ3n) is 3.54. The highest BCUT2D eigenvalue weighted by Gasteiger charge is 2.12. The second-order valence-corrected chi connectivity index (χ2v) is 5.75. The maximum absolute atomic E-state index is 12.1. The topological polar surface area (TPSA) is 68.0 Å². The zero-order chi connectivity index (χ0) is 16.9. The summed E-state index contributed by atoms with van der Waals surface area (Å²) in [5.41, 5.74) is 2.87. The molecule has 0 saturated heterocycles. The maximum atomic E-state index is 12.1. The average Bonchev–Trinajstić information content (AvgIpc) is 3.04. The SMILES string of the molecule is CCc1ccc(CC(=O)Nc2nnc(-c3cccc(Cl)c3)o2)cc1. The Morgan fingerprint density at radius 2 is 1.88 bits per heavy atom. The van der Waals surface area contributed by atoms with E-state index in [9.17, 15) is 4.79 Å². The number of nitrogens with one attached hydrogen (secondary N) is 1. The van der Waals surface area contributed by atoms with Crippen LogP contribution in [0.25, 0.3) is 11.5 Å². The molecule has 0 spiro atoms. The number of anilines is 1. The molecule has 0 fully saturated rings. The van der Waals surface area contributed by atoms with Gasteiger partial charge in [0, 0.05) is 10.6 Å². The van der Waals surface area contributed by atoms with Crippen molar-refractivity contribution in [3.05, 3.63) is 64.7 Å². The van der Waals surface area contributed by atoms with Crippen LogP contribution in [0.2, 0.25) is 5.02 Å². The highest BCUT2D eigenvalue weighted by Crippen LogP contribution is 2.22. The number of carbonyl (C=O) groups excluding carboxylic acids is 1. The molecule has 0 aliphatic heterocycles. The Bertz CT molecular complexity index is 843. The number of benzene rings is 2. The molecular weight excluding hydrogens is 326 g/mol. The second-order valence-electron chi connectivity index (χ2n) is 5.32. The van der Waals surface area contributed by atoms with Gasteiger partial charge in [-0.15, -0.1) is 5.10 Å². The highest BCUT2D eigenvalue weighted by molar-refractivity contribution is 6.30. The minimum absolute atomic E-state index is 0.0696. The summed E-state index contributed by atoms with van der Waals surface area (Å²) >= 11 is 5.94. The van der Waals surface area contributed by atoms with Gasteiger partial charge in [-0.2, -0.15) is 0 Å². The fraction of sp³-hybridized carbons (Fsp3) is 0.167. The van der Waals surface area contributed by atoms with Gasteiger partial charge in [0.2, 0.25) is 11.8 Å². The molecule has 3 rings (SSSR count). The van der Waals surface area contributed by atoms with Gasteiger partial charge in [-0.3, -0.25) is 10.1 Å². The standard InChI is InChI=1S/C18H16ClN3O2/c1-2-12-6-8-13(9-7-12)10-16(23)20-18-22-21-17(24-18)14-4-3-5-15(19)11-14/h3-9,11H,2,10H2,1H3,(H,20,22,23). The van der Waals surface area contributed by atoms with E-state index in [2.05, 4.69) is 22.4 Å². The number of carbonyl (C=O) groups is 1.